The van der Waals surface area contributed by atoms with Crippen molar-refractivity contribution in [3.63, 3.8) is 0 Å². The molecule has 0 spiro atoms. The molecule has 3 heterocycles. The van der Waals surface area contributed by atoms with Crippen LogP contribution in [0.2, 0.25) is 0 Å². The lowest BCUT2D eigenvalue weighted by Gasteiger charge is -2.32. The van der Waals surface area contributed by atoms with E-state index in [0.29, 0.717) is 0 Å². The fraction of sp³-hybridized carbons (Fsp3) is 0.294. The van der Waals surface area contributed by atoms with Crippen molar-refractivity contribution >= 4 is 27.3 Å². The van der Waals surface area contributed by atoms with E-state index in [9.17, 15) is 4.79 Å². The van der Waals surface area contributed by atoms with Gasteiger partial charge in [0.2, 0.25) is 0 Å². The standard InChI is InChI=1S/C17H17N3OS/c21-17(15-12-22-16-7-2-1-6-14(15)16)19-9-3-5-13(11-19)20-10-4-8-18-20/h1-2,4,6-8,10,12-13H,3,5,9,11H2/t13-/m0/s1. The molecular weight excluding hydrogens is 294 g/mol. The number of rotatable bonds is 2. The van der Waals surface area contributed by atoms with Gasteiger partial charge in [0.25, 0.3) is 5.91 Å². The number of nitrogens with zero attached hydrogens (tertiary/aromatic N) is 3. The van der Waals surface area contributed by atoms with Crippen molar-refractivity contribution in [2.75, 3.05) is 13.1 Å². The molecule has 1 amide bonds. The predicted molar refractivity (Wildman–Crippen MR) is 88.2 cm³/mol. The lowest BCUT2D eigenvalue weighted by molar-refractivity contribution is 0.0675. The minimum Gasteiger partial charge on any atom is -0.336 e. The molecule has 1 aliphatic rings. The van der Waals surface area contributed by atoms with Gasteiger partial charge in [0.15, 0.2) is 0 Å². The molecule has 112 valence electrons. The number of carbonyl (C=O) groups excluding carboxylic acids is 1. The zero-order valence-corrected chi connectivity index (χ0v) is 13.0. The average molecular weight is 311 g/mol. The molecule has 0 radical (unpaired) electrons. The summed E-state index contributed by atoms with van der Waals surface area (Å²) in [5, 5.41) is 7.39. The number of thiophene rings is 1. The van der Waals surface area contributed by atoms with Crippen LogP contribution in [0, 0.1) is 0 Å². The number of amides is 1. The first-order valence-corrected chi connectivity index (χ1v) is 8.45. The summed E-state index contributed by atoms with van der Waals surface area (Å²) in [6.07, 6.45) is 5.89. The molecule has 0 bridgehead atoms. The Morgan fingerprint density at radius 3 is 3.05 bits per heavy atom. The van der Waals surface area contributed by atoms with E-state index in [0.717, 1.165) is 36.9 Å². The van der Waals surface area contributed by atoms with Gasteiger partial charge in [-0.1, -0.05) is 18.2 Å². The van der Waals surface area contributed by atoms with Gasteiger partial charge in [-0.2, -0.15) is 5.10 Å². The maximum absolute atomic E-state index is 12.9. The van der Waals surface area contributed by atoms with Crippen LogP contribution in [-0.4, -0.2) is 33.7 Å². The van der Waals surface area contributed by atoms with Crippen LogP contribution in [0.15, 0.2) is 48.1 Å². The van der Waals surface area contributed by atoms with Gasteiger partial charge < -0.3 is 4.90 Å². The van der Waals surface area contributed by atoms with Crippen LogP contribution in [-0.2, 0) is 0 Å². The molecule has 0 unspecified atom stereocenters. The number of hydrogen-bond donors (Lipinski definition) is 0. The van der Waals surface area contributed by atoms with Crippen molar-refractivity contribution in [2.45, 2.75) is 18.9 Å². The highest BCUT2D eigenvalue weighted by Gasteiger charge is 2.26. The zero-order valence-electron chi connectivity index (χ0n) is 12.2. The number of carbonyl (C=O) groups is 1. The normalized spacial score (nSPS) is 18.7. The first kappa shape index (κ1) is 13.5. The Bertz CT molecular complexity index is 793. The molecule has 22 heavy (non-hydrogen) atoms. The van der Waals surface area contributed by atoms with E-state index >= 15 is 0 Å². The second-order valence-electron chi connectivity index (χ2n) is 5.68. The van der Waals surface area contributed by atoms with Crippen molar-refractivity contribution in [1.29, 1.82) is 0 Å². The number of likely N-dealkylation sites (tertiary alicyclic amines) is 1. The Morgan fingerprint density at radius 2 is 2.18 bits per heavy atom. The molecule has 1 aromatic carbocycles. The molecule has 0 aliphatic carbocycles. The largest absolute Gasteiger partial charge is 0.336 e. The Hall–Kier alpha value is -2.14. The molecule has 0 saturated carbocycles. The van der Waals surface area contributed by atoms with Gasteiger partial charge in [-0.3, -0.25) is 9.48 Å². The van der Waals surface area contributed by atoms with E-state index in [1.165, 1.54) is 4.70 Å². The van der Waals surface area contributed by atoms with Crippen LogP contribution in [0.3, 0.4) is 0 Å². The molecule has 1 fully saturated rings. The first-order valence-electron chi connectivity index (χ1n) is 7.57. The van der Waals surface area contributed by atoms with E-state index in [4.69, 9.17) is 0 Å². The Kier molecular flexibility index (Phi) is 3.42. The molecule has 4 rings (SSSR count). The van der Waals surface area contributed by atoms with E-state index in [1.807, 2.05) is 45.4 Å². The van der Waals surface area contributed by atoms with Gasteiger partial charge in [-0.05, 0) is 25.0 Å². The lowest BCUT2D eigenvalue weighted by Crippen LogP contribution is -2.40. The molecule has 5 heteroatoms. The number of aromatic nitrogens is 2. The van der Waals surface area contributed by atoms with E-state index in [2.05, 4.69) is 11.2 Å². The molecule has 0 N–H and O–H groups in total. The van der Waals surface area contributed by atoms with Crippen LogP contribution in [0.5, 0.6) is 0 Å². The van der Waals surface area contributed by atoms with Crippen molar-refractivity contribution < 1.29 is 4.79 Å². The number of hydrogen-bond acceptors (Lipinski definition) is 3. The number of benzene rings is 1. The minimum absolute atomic E-state index is 0.148. The summed E-state index contributed by atoms with van der Waals surface area (Å²) in [7, 11) is 0. The maximum Gasteiger partial charge on any atom is 0.255 e. The highest BCUT2D eigenvalue weighted by atomic mass is 32.1. The fourth-order valence-corrected chi connectivity index (χ4v) is 4.10. The summed E-state index contributed by atoms with van der Waals surface area (Å²) < 4.78 is 3.15. The topological polar surface area (TPSA) is 38.1 Å². The van der Waals surface area contributed by atoms with E-state index in [1.54, 1.807) is 17.5 Å². The molecule has 4 nitrogen and oxygen atoms in total. The number of piperidine rings is 1. The van der Waals surface area contributed by atoms with Crippen molar-refractivity contribution in [2.24, 2.45) is 0 Å². The summed E-state index contributed by atoms with van der Waals surface area (Å²) in [4.78, 5) is 14.9. The number of fused-ring (bicyclic) bond motifs is 1. The predicted octanol–water partition coefficient (Wildman–Crippen LogP) is 3.58. The SMILES string of the molecule is O=C(c1csc2ccccc12)N1CCC[C@H](n2cccn2)C1. The summed E-state index contributed by atoms with van der Waals surface area (Å²) in [6.45, 7) is 1.57. The highest BCUT2D eigenvalue weighted by molar-refractivity contribution is 7.17. The molecular formula is C17H17N3OS. The van der Waals surface area contributed by atoms with Gasteiger partial charge in [-0.25, -0.2) is 0 Å². The van der Waals surface area contributed by atoms with Gasteiger partial charge >= 0.3 is 0 Å². The Balaban J connectivity index is 1.60. The van der Waals surface area contributed by atoms with Crippen LogP contribution in [0.4, 0.5) is 0 Å². The van der Waals surface area contributed by atoms with Gasteiger partial charge in [0, 0.05) is 40.9 Å². The van der Waals surface area contributed by atoms with Crippen LogP contribution in [0.25, 0.3) is 10.1 Å². The second kappa shape index (κ2) is 5.57. The van der Waals surface area contributed by atoms with Crippen LogP contribution >= 0.6 is 11.3 Å². The maximum atomic E-state index is 12.9. The van der Waals surface area contributed by atoms with Gasteiger partial charge in [-0.15, -0.1) is 11.3 Å². The summed E-state index contributed by atoms with van der Waals surface area (Å²) >= 11 is 1.64. The summed E-state index contributed by atoms with van der Waals surface area (Å²) in [5.74, 6) is 0.148. The summed E-state index contributed by atoms with van der Waals surface area (Å²) in [5.41, 5.74) is 0.835. The molecule has 1 aliphatic heterocycles. The van der Waals surface area contributed by atoms with Crippen molar-refractivity contribution in [3.05, 3.63) is 53.7 Å². The van der Waals surface area contributed by atoms with E-state index < -0.39 is 0 Å². The average Bonchev–Trinajstić information content (AvgIpc) is 3.24. The highest BCUT2D eigenvalue weighted by Crippen LogP contribution is 2.29. The third kappa shape index (κ3) is 2.31. The third-order valence-electron chi connectivity index (χ3n) is 4.29. The third-order valence-corrected chi connectivity index (χ3v) is 5.26. The van der Waals surface area contributed by atoms with Gasteiger partial charge in [0.05, 0.1) is 11.6 Å². The second-order valence-corrected chi connectivity index (χ2v) is 6.59. The molecule has 1 saturated heterocycles. The first-order chi connectivity index (χ1) is 10.8. The van der Waals surface area contributed by atoms with Gasteiger partial charge in [0.1, 0.15) is 0 Å². The molecule has 1 atom stereocenters. The fourth-order valence-electron chi connectivity index (χ4n) is 3.17. The Labute approximate surface area is 133 Å². The minimum atomic E-state index is 0.148. The van der Waals surface area contributed by atoms with Crippen LogP contribution in [0.1, 0.15) is 29.2 Å². The Morgan fingerprint density at radius 1 is 1.27 bits per heavy atom. The zero-order chi connectivity index (χ0) is 14.9. The van der Waals surface area contributed by atoms with Crippen molar-refractivity contribution in [3.8, 4) is 0 Å². The molecule has 3 aromatic rings. The quantitative estimate of drug-likeness (QED) is 0.725. The summed E-state index contributed by atoms with van der Waals surface area (Å²) in [6, 6.07) is 10.3. The smallest absolute Gasteiger partial charge is 0.255 e. The van der Waals surface area contributed by atoms with Crippen molar-refractivity contribution in [1.82, 2.24) is 14.7 Å². The van der Waals surface area contributed by atoms with Crippen LogP contribution < -0.4 is 0 Å². The lowest BCUT2D eigenvalue weighted by atomic mass is 10.0. The monoisotopic (exact) mass is 311 g/mol. The van der Waals surface area contributed by atoms with E-state index in [-0.39, 0.29) is 11.9 Å². The molecule has 2 aromatic heterocycles.